The van der Waals surface area contributed by atoms with Gasteiger partial charge in [-0.25, -0.2) is 10.5 Å². The molecule has 0 spiro atoms. The molecular weight excluding hydrogens is 311 g/mol. The van der Waals surface area contributed by atoms with Crippen LogP contribution in [0.1, 0.15) is 5.56 Å². The Morgan fingerprint density at radius 1 is 1.43 bits per heavy atom. The van der Waals surface area contributed by atoms with Gasteiger partial charge in [-0.05, 0) is 12.1 Å². The summed E-state index contributed by atoms with van der Waals surface area (Å²) >= 11 is 5.91. The van der Waals surface area contributed by atoms with E-state index in [1.54, 1.807) is 0 Å². The summed E-state index contributed by atoms with van der Waals surface area (Å²) in [7, 11) is 0. The molecule has 2 rings (SSSR count). The first kappa shape index (κ1) is 15.0. The third kappa shape index (κ3) is 3.18. The number of anilines is 1. The van der Waals surface area contributed by atoms with Crippen molar-refractivity contribution in [3.8, 4) is 17.5 Å². The second-order valence-corrected chi connectivity index (χ2v) is 4.14. The van der Waals surface area contributed by atoms with E-state index in [9.17, 15) is 13.2 Å². The SMILES string of the molecule is N#Cc1cnn(-c2ccc(OC(F)(F)F)cc2Cl)c1NN. The van der Waals surface area contributed by atoms with Gasteiger partial charge in [-0.2, -0.15) is 10.4 Å². The normalized spacial score (nSPS) is 11.0. The quantitative estimate of drug-likeness (QED) is 0.671. The summed E-state index contributed by atoms with van der Waals surface area (Å²) in [5.74, 6) is 4.98. The highest BCUT2D eigenvalue weighted by Gasteiger charge is 2.31. The molecule has 1 aromatic heterocycles. The van der Waals surface area contributed by atoms with Crippen LogP contribution < -0.4 is 16.0 Å². The molecule has 0 saturated heterocycles. The number of benzene rings is 1. The number of alkyl halides is 3. The minimum atomic E-state index is -4.81. The Bertz CT molecular complexity index is 707. The van der Waals surface area contributed by atoms with Crippen LogP contribution in [0.2, 0.25) is 5.02 Å². The predicted molar refractivity (Wildman–Crippen MR) is 67.8 cm³/mol. The summed E-state index contributed by atoms with van der Waals surface area (Å²) in [5, 5.41) is 12.7. The zero-order valence-corrected chi connectivity index (χ0v) is 10.9. The first-order valence-electron chi connectivity index (χ1n) is 5.36. The van der Waals surface area contributed by atoms with Gasteiger partial charge in [0.15, 0.2) is 5.82 Å². The zero-order valence-electron chi connectivity index (χ0n) is 10.1. The minimum Gasteiger partial charge on any atom is -0.406 e. The van der Waals surface area contributed by atoms with E-state index in [2.05, 4.69) is 15.3 Å². The Labute approximate surface area is 121 Å². The lowest BCUT2D eigenvalue weighted by Gasteiger charge is -2.12. The molecule has 0 unspecified atom stereocenters. The van der Waals surface area contributed by atoms with Gasteiger partial charge in [0.1, 0.15) is 17.4 Å². The van der Waals surface area contributed by atoms with E-state index in [1.165, 1.54) is 16.9 Å². The van der Waals surface area contributed by atoms with Crippen molar-refractivity contribution in [2.24, 2.45) is 5.84 Å². The van der Waals surface area contributed by atoms with Crippen molar-refractivity contribution >= 4 is 17.4 Å². The number of nitrogens with one attached hydrogen (secondary N) is 1. The number of hydrogen-bond donors (Lipinski definition) is 2. The van der Waals surface area contributed by atoms with Gasteiger partial charge in [-0.3, -0.25) is 0 Å². The van der Waals surface area contributed by atoms with Crippen LogP contribution in [-0.2, 0) is 0 Å². The molecule has 0 radical (unpaired) electrons. The fourth-order valence-electron chi connectivity index (χ4n) is 1.61. The average molecular weight is 318 g/mol. The van der Waals surface area contributed by atoms with E-state index in [4.69, 9.17) is 22.7 Å². The van der Waals surface area contributed by atoms with Crippen LogP contribution in [0.3, 0.4) is 0 Å². The van der Waals surface area contributed by atoms with Crippen LogP contribution in [-0.4, -0.2) is 16.1 Å². The van der Waals surface area contributed by atoms with Crippen LogP contribution in [0.15, 0.2) is 24.4 Å². The highest BCUT2D eigenvalue weighted by atomic mass is 35.5. The monoisotopic (exact) mass is 317 g/mol. The number of hydrogen-bond acceptors (Lipinski definition) is 5. The first-order chi connectivity index (χ1) is 9.85. The van der Waals surface area contributed by atoms with Gasteiger partial charge in [0.2, 0.25) is 0 Å². The summed E-state index contributed by atoms with van der Waals surface area (Å²) in [5.41, 5.74) is 2.68. The molecule has 0 fully saturated rings. The molecule has 0 bridgehead atoms. The molecular formula is C11H7ClF3N5O. The molecule has 1 heterocycles. The van der Waals surface area contributed by atoms with Crippen LogP contribution in [0, 0.1) is 11.3 Å². The Morgan fingerprint density at radius 2 is 2.14 bits per heavy atom. The van der Waals surface area contributed by atoms with E-state index in [1.807, 2.05) is 6.07 Å². The first-order valence-corrected chi connectivity index (χ1v) is 5.74. The maximum Gasteiger partial charge on any atom is 0.573 e. The van der Waals surface area contributed by atoms with Crippen molar-refractivity contribution in [3.05, 3.63) is 35.0 Å². The minimum absolute atomic E-state index is 0.0548. The lowest BCUT2D eigenvalue weighted by atomic mass is 10.3. The Balaban J connectivity index is 2.43. The Kier molecular flexibility index (Phi) is 3.93. The molecule has 3 N–H and O–H groups in total. The van der Waals surface area contributed by atoms with Gasteiger partial charge in [0.25, 0.3) is 0 Å². The summed E-state index contributed by atoms with van der Waals surface area (Å²) in [6, 6.07) is 5.18. The second kappa shape index (κ2) is 5.51. The van der Waals surface area contributed by atoms with Crippen molar-refractivity contribution in [2.45, 2.75) is 6.36 Å². The van der Waals surface area contributed by atoms with E-state index in [0.29, 0.717) is 0 Å². The molecule has 2 aromatic rings. The lowest BCUT2D eigenvalue weighted by molar-refractivity contribution is -0.274. The fourth-order valence-corrected chi connectivity index (χ4v) is 1.86. The van der Waals surface area contributed by atoms with E-state index >= 15 is 0 Å². The number of rotatable bonds is 3. The lowest BCUT2D eigenvalue weighted by Crippen LogP contribution is -2.17. The number of halogens is 4. The fraction of sp³-hybridized carbons (Fsp3) is 0.0909. The molecule has 1 aromatic carbocycles. The van der Waals surface area contributed by atoms with Gasteiger partial charge in [-0.15, -0.1) is 13.2 Å². The third-order valence-corrected chi connectivity index (χ3v) is 2.71. The Morgan fingerprint density at radius 3 is 2.67 bits per heavy atom. The molecule has 10 heteroatoms. The van der Waals surface area contributed by atoms with Gasteiger partial charge in [-0.1, -0.05) is 11.6 Å². The van der Waals surface area contributed by atoms with Crippen LogP contribution in [0.5, 0.6) is 5.75 Å². The third-order valence-electron chi connectivity index (χ3n) is 2.41. The largest absolute Gasteiger partial charge is 0.573 e. The standard InChI is InChI=1S/C11H7ClF3N5O/c12-8-3-7(21-11(13,14)15)1-2-9(8)20-10(19-17)6(4-16)5-18-20/h1-3,5,19H,17H2. The number of ether oxygens (including phenoxy) is 1. The summed E-state index contributed by atoms with van der Waals surface area (Å²) < 4.78 is 41.3. The highest BCUT2D eigenvalue weighted by Crippen LogP contribution is 2.31. The molecule has 110 valence electrons. The van der Waals surface area contributed by atoms with E-state index in [-0.39, 0.29) is 22.1 Å². The van der Waals surface area contributed by atoms with Crippen LogP contribution in [0.25, 0.3) is 5.69 Å². The van der Waals surface area contributed by atoms with Crippen molar-refractivity contribution in [3.63, 3.8) is 0 Å². The predicted octanol–water partition coefficient (Wildman–Crippen LogP) is 2.58. The smallest absolute Gasteiger partial charge is 0.406 e. The average Bonchev–Trinajstić information content (AvgIpc) is 2.79. The molecule has 21 heavy (non-hydrogen) atoms. The van der Waals surface area contributed by atoms with Gasteiger partial charge in [0.05, 0.1) is 16.9 Å². The topological polar surface area (TPSA) is 88.9 Å². The van der Waals surface area contributed by atoms with Gasteiger partial charge < -0.3 is 10.2 Å². The molecule has 0 aliphatic rings. The van der Waals surface area contributed by atoms with Gasteiger partial charge in [0, 0.05) is 6.07 Å². The molecule has 6 nitrogen and oxygen atoms in total. The number of nitriles is 1. The summed E-state index contributed by atoms with van der Waals surface area (Å²) in [6.45, 7) is 0. The van der Waals surface area contributed by atoms with E-state index in [0.717, 1.165) is 12.1 Å². The van der Waals surface area contributed by atoms with Crippen LogP contribution >= 0.6 is 11.6 Å². The van der Waals surface area contributed by atoms with Crippen molar-refractivity contribution in [2.75, 3.05) is 5.43 Å². The number of nitrogen functional groups attached to an aromatic ring is 1. The Hall–Kier alpha value is -2.44. The van der Waals surface area contributed by atoms with Crippen LogP contribution in [0.4, 0.5) is 19.0 Å². The summed E-state index contributed by atoms with van der Waals surface area (Å²) in [4.78, 5) is 0. The number of nitrogens with zero attached hydrogens (tertiary/aromatic N) is 3. The number of nitrogens with two attached hydrogens (primary N) is 1. The van der Waals surface area contributed by atoms with Crippen molar-refractivity contribution < 1.29 is 17.9 Å². The molecule has 0 aliphatic heterocycles. The van der Waals surface area contributed by atoms with Crippen molar-refractivity contribution in [1.82, 2.24) is 9.78 Å². The summed E-state index contributed by atoms with van der Waals surface area (Å²) in [6.07, 6.45) is -3.57. The maximum absolute atomic E-state index is 12.1. The van der Waals surface area contributed by atoms with Gasteiger partial charge >= 0.3 is 6.36 Å². The number of aromatic nitrogens is 2. The number of hydrazine groups is 1. The highest BCUT2D eigenvalue weighted by molar-refractivity contribution is 6.32. The maximum atomic E-state index is 12.1. The molecule has 0 saturated carbocycles. The van der Waals surface area contributed by atoms with Crippen molar-refractivity contribution in [1.29, 1.82) is 5.26 Å². The second-order valence-electron chi connectivity index (χ2n) is 3.74. The molecule has 0 aliphatic carbocycles. The molecule has 0 atom stereocenters. The van der Waals surface area contributed by atoms with E-state index < -0.39 is 12.1 Å². The molecule has 0 amide bonds. The zero-order chi connectivity index (χ0) is 15.6.